The summed E-state index contributed by atoms with van der Waals surface area (Å²) in [4.78, 5) is 0. The Bertz CT molecular complexity index is 171. The normalized spacial score (nSPS) is 13.1. The van der Waals surface area contributed by atoms with Gasteiger partial charge in [-0.1, -0.05) is 0 Å². The van der Waals surface area contributed by atoms with Crippen molar-refractivity contribution in [2.75, 3.05) is 26.4 Å². The molecule has 4 nitrogen and oxygen atoms in total. The van der Waals surface area contributed by atoms with Crippen molar-refractivity contribution in [1.29, 1.82) is 0 Å². The molecule has 0 aromatic heterocycles. The van der Waals surface area contributed by atoms with E-state index in [1.807, 2.05) is 27.7 Å². The molecule has 0 atom stereocenters. The van der Waals surface area contributed by atoms with Gasteiger partial charge < -0.3 is 17.7 Å². The lowest BCUT2D eigenvalue weighted by atomic mass is 10.9. The van der Waals surface area contributed by atoms with E-state index < -0.39 is 16.2 Å². The molecule has 16 heavy (non-hydrogen) atoms. The first-order chi connectivity index (χ1) is 7.49. The third kappa shape index (κ3) is 3.94. The van der Waals surface area contributed by atoms with Gasteiger partial charge in [0.05, 0.1) is 0 Å². The quantitative estimate of drug-likeness (QED) is 0.600. The van der Waals surface area contributed by atoms with Gasteiger partial charge in [0.1, 0.15) is 0 Å². The summed E-state index contributed by atoms with van der Waals surface area (Å²) in [5.41, 5.74) is 0. The zero-order valence-electron chi connectivity index (χ0n) is 11.5. The van der Waals surface area contributed by atoms with Crippen LogP contribution in [0.25, 0.3) is 0 Å². The van der Waals surface area contributed by atoms with Crippen LogP contribution in [0.4, 0.5) is 0 Å². The molecule has 0 fully saturated rings. The lowest BCUT2D eigenvalue weighted by Gasteiger charge is -2.38. The minimum Gasteiger partial charge on any atom is -0.411 e. The number of hydrogen-bond donors (Lipinski definition) is 0. The molecular weight excluding hydrogens is 240 g/mol. The molecule has 0 rings (SSSR count). The van der Waals surface area contributed by atoms with Gasteiger partial charge in [0, 0.05) is 26.4 Å². The number of hydrogen-bond acceptors (Lipinski definition) is 4. The molecule has 0 radical (unpaired) electrons. The van der Waals surface area contributed by atoms with Gasteiger partial charge in [-0.25, -0.2) is 0 Å². The maximum Gasteiger partial charge on any atom is 0.503 e. The Morgan fingerprint density at radius 1 is 0.625 bits per heavy atom. The summed E-state index contributed by atoms with van der Waals surface area (Å²) in [5.74, 6) is 0. The van der Waals surface area contributed by atoms with Crippen LogP contribution in [0.1, 0.15) is 27.7 Å². The highest BCUT2D eigenvalue weighted by molar-refractivity contribution is 7.31. The average Bonchev–Trinajstić information content (AvgIpc) is 2.18. The van der Waals surface area contributed by atoms with E-state index in [9.17, 15) is 0 Å². The summed E-state index contributed by atoms with van der Waals surface area (Å²) in [5, 5.41) is 0. The van der Waals surface area contributed by atoms with E-state index >= 15 is 0 Å². The van der Waals surface area contributed by atoms with Crippen molar-refractivity contribution >= 4 is 16.2 Å². The monoisotopic (exact) mass is 266 g/mol. The van der Waals surface area contributed by atoms with Crippen LogP contribution in [0.2, 0.25) is 13.1 Å². The first-order valence-corrected chi connectivity index (χ1v) is 11.7. The second-order valence-corrected chi connectivity index (χ2v) is 14.5. The highest BCUT2D eigenvalue weighted by Gasteiger charge is 2.58. The molecule has 6 heteroatoms. The molecule has 0 heterocycles. The summed E-state index contributed by atoms with van der Waals surface area (Å²) < 4.78 is 23.5. The van der Waals surface area contributed by atoms with Crippen molar-refractivity contribution in [1.82, 2.24) is 0 Å². The first kappa shape index (κ1) is 16.3. The second-order valence-electron chi connectivity index (χ2n) is 3.80. The molecule has 0 unspecified atom stereocenters. The molecule has 0 spiro atoms. The maximum absolute atomic E-state index is 5.88. The van der Waals surface area contributed by atoms with Gasteiger partial charge in [0.25, 0.3) is 7.83 Å². The van der Waals surface area contributed by atoms with Crippen LogP contribution in [0, 0.1) is 0 Å². The summed E-state index contributed by atoms with van der Waals surface area (Å²) in [6, 6.07) is 0. The lowest BCUT2D eigenvalue weighted by molar-refractivity contribution is 0.0829. The largest absolute Gasteiger partial charge is 0.503 e. The minimum atomic E-state index is -2.63. The van der Waals surface area contributed by atoms with E-state index in [0.29, 0.717) is 26.4 Å². The summed E-state index contributed by atoms with van der Waals surface area (Å²) in [6.45, 7) is 14.6. The minimum absolute atomic E-state index is 0.607. The van der Waals surface area contributed by atoms with Crippen molar-refractivity contribution in [3.8, 4) is 0 Å². The van der Waals surface area contributed by atoms with E-state index in [2.05, 4.69) is 13.1 Å². The molecule has 0 N–H and O–H groups in total. The van der Waals surface area contributed by atoms with Crippen molar-refractivity contribution in [3.05, 3.63) is 0 Å². The molecule has 0 aromatic carbocycles. The Kier molecular flexibility index (Phi) is 7.70. The topological polar surface area (TPSA) is 36.9 Å². The van der Waals surface area contributed by atoms with Crippen LogP contribution in [0.5, 0.6) is 0 Å². The molecule has 0 saturated heterocycles. The van der Waals surface area contributed by atoms with Gasteiger partial charge in [-0.05, 0) is 40.8 Å². The Hall–Kier alpha value is 0.274. The van der Waals surface area contributed by atoms with Crippen LogP contribution in [-0.4, -0.2) is 42.6 Å². The molecule has 0 aliphatic carbocycles. The second kappa shape index (κ2) is 7.57. The molecule has 98 valence electrons. The van der Waals surface area contributed by atoms with Crippen LogP contribution in [0.3, 0.4) is 0 Å². The highest BCUT2D eigenvalue weighted by atomic mass is 29.3. The van der Waals surface area contributed by atoms with Crippen LogP contribution in [0.15, 0.2) is 0 Å². The van der Waals surface area contributed by atoms with Gasteiger partial charge in [0.15, 0.2) is 0 Å². The third-order valence-corrected chi connectivity index (χ3v) is 12.9. The Morgan fingerprint density at radius 3 is 1.19 bits per heavy atom. The van der Waals surface area contributed by atoms with Crippen molar-refractivity contribution in [2.45, 2.75) is 40.8 Å². The summed E-state index contributed by atoms with van der Waals surface area (Å²) in [6.07, 6.45) is 0. The number of rotatable bonds is 9. The molecule has 0 bridgehead atoms. The van der Waals surface area contributed by atoms with Crippen molar-refractivity contribution in [3.63, 3.8) is 0 Å². The zero-order valence-corrected chi connectivity index (χ0v) is 13.5. The van der Waals surface area contributed by atoms with Gasteiger partial charge in [0.2, 0.25) is 0 Å². The SMILES string of the molecule is CCO[Si](C)(C)[Si](OCC)(OCC)OCC. The van der Waals surface area contributed by atoms with E-state index in [1.165, 1.54) is 0 Å². The van der Waals surface area contributed by atoms with Gasteiger partial charge in [-0.2, -0.15) is 0 Å². The smallest absolute Gasteiger partial charge is 0.411 e. The molecule has 0 aromatic rings. The standard InChI is InChI=1S/C10H26O4Si2/c1-7-11-15(5,6)16(12-8-2,13-9-3)14-10-4/h7-10H2,1-6H3. The van der Waals surface area contributed by atoms with Crippen LogP contribution >= 0.6 is 0 Å². The highest BCUT2D eigenvalue weighted by Crippen LogP contribution is 2.24. The molecule has 0 aliphatic heterocycles. The van der Waals surface area contributed by atoms with E-state index in [-0.39, 0.29) is 0 Å². The molecule has 0 aliphatic rings. The molecule has 0 saturated carbocycles. The van der Waals surface area contributed by atoms with Gasteiger partial charge in [-0.15, -0.1) is 0 Å². The van der Waals surface area contributed by atoms with Gasteiger partial charge >= 0.3 is 8.32 Å². The molecule has 0 amide bonds. The summed E-state index contributed by atoms with van der Waals surface area (Å²) >= 11 is 0. The predicted molar refractivity (Wildman–Crippen MR) is 69.7 cm³/mol. The zero-order chi connectivity index (χ0) is 12.7. The van der Waals surface area contributed by atoms with Crippen molar-refractivity contribution in [2.24, 2.45) is 0 Å². The van der Waals surface area contributed by atoms with Crippen molar-refractivity contribution < 1.29 is 17.7 Å². The first-order valence-electron chi connectivity index (χ1n) is 6.05. The van der Waals surface area contributed by atoms with E-state index in [1.54, 1.807) is 0 Å². The Balaban J connectivity index is 4.96. The van der Waals surface area contributed by atoms with Crippen LogP contribution in [-0.2, 0) is 17.7 Å². The van der Waals surface area contributed by atoms with E-state index in [4.69, 9.17) is 17.7 Å². The van der Waals surface area contributed by atoms with Gasteiger partial charge in [-0.3, -0.25) is 0 Å². The third-order valence-electron chi connectivity index (χ3n) is 2.25. The fourth-order valence-electron chi connectivity index (χ4n) is 1.67. The van der Waals surface area contributed by atoms with Crippen LogP contribution < -0.4 is 0 Å². The fraction of sp³-hybridized carbons (Fsp3) is 1.00. The Morgan fingerprint density at radius 2 is 0.938 bits per heavy atom. The maximum atomic E-state index is 5.88. The predicted octanol–water partition coefficient (Wildman–Crippen LogP) is 2.35. The molecular formula is C10H26O4Si2. The average molecular weight is 266 g/mol. The Labute approximate surface area is 102 Å². The van der Waals surface area contributed by atoms with E-state index in [0.717, 1.165) is 0 Å². The lowest BCUT2D eigenvalue weighted by Crippen LogP contribution is -2.67. The fourth-order valence-corrected chi connectivity index (χ4v) is 10.4. The summed E-state index contributed by atoms with van der Waals surface area (Å²) in [7, 11) is -4.70.